The molecule has 0 amide bonds. The van der Waals surface area contributed by atoms with E-state index in [2.05, 4.69) is 35.6 Å². The van der Waals surface area contributed by atoms with Gasteiger partial charge in [0, 0.05) is 12.2 Å². The van der Waals surface area contributed by atoms with Crippen molar-refractivity contribution in [2.45, 2.75) is 13.2 Å². The van der Waals surface area contributed by atoms with Crippen LogP contribution in [0.15, 0.2) is 115 Å². The molecule has 5 aromatic carbocycles. The summed E-state index contributed by atoms with van der Waals surface area (Å²) in [5.41, 5.74) is 3.22. The molecule has 3 nitrogen and oxygen atoms in total. The van der Waals surface area contributed by atoms with Gasteiger partial charge in [-0.25, -0.2) is 0 Å². The molecule has 5 rings (SSSR count). The van der Waals surface area contributed by atoms with Crippen molar-refractivity contribution in [2.24, 2.45) is 0 Å². The smallest absolute Gasteiger partial charge is 0.138 e. The molecule has 1 N–H and O–H groups in total. The Morgan fingerprint density at radius 3 is 2.24 bits per heavy atom. The van der Waals surface area contributed by atoms with Crippen LogP contribution in [0.5, 0.6) is 17.2 Å². The highest BCUT2D eigenvalue weighted by Crippen LogP contribution is 2.28. The van der Waals surface area contributed by atoms with Gasteiger partial charge in [0.15, 0.2) is 0 Å². The van der Waals surface area contributed by atoms with Crippen molar-refractivity contribution in [2.75, 3.05) is 5.32 Å². The maximum atomic E-state index is 6.52. The molecule has 0 fully saturated rings. The van der Waals surface area contributed by atoms with Crippen molar-refractivity contribution in [1.29, 1.82) is 0 Å². The zero-order chi connectivity index (χ0) is 23.2. The summed E-state index contributed by atoms with van der Waals surface area (Å²) in [6.07, 6.45) is 0. The Labute approximate surface area is 204 Å². The van der Waals surface area contributed by atoms with Gasteiger partial charge in [0.05, 0.1) is 5.02 Å². The molecule has 0 aliphatic carbocycles. The van der Waals surface area contributed by atoms with Crippen LogP contribution < -0.4 is 14.8 Å². The van der Waals surface area contributed by atoms with Gasteiger partial charge in [-0.15, -0.1) is 0 Å². The molecular formula is C30H24ClNO2. The molecule has 0 bridgehead atoms. The highest BCUT2D eigenvalue weighted by molar-refractivity contribution is 6.32. The van der Waals surface area contributed by atoms with Gasteiger partial charge >= 0.3 is 0 Å². The van der Waals surface area contributed by atoms with Crippen molar-refractivity contribution >= 4 is 28.1 Å². The Hall–Kier alpha value is -3.95. The molecule has 168 valence electrons. The lowest BCUT2D eigenvalue weighted by atomic mass is 10.1. The van der Waals surface area contributed by atoms with Crippen LogP contribution in [0.1, 0.15) is 11.1 Å². The molecule has 5 aromatic rings. The van der Waals surface area contributed by atoms with Gasteiger partial charge in [0.1, 0.15) is 23.9 Å². The topological polar surface area (TPSA) is 30.5 Å². The summed E-state index contributed by atoms with van der Waals surface area (Å²) < 4.78 is 11.9. The number of halogens is 1. The van der Waals surface area contributed by atoms with E-state index in [1.165, 1.54) is 10.8 Å². The summed E-state index contributed by atoms with van der Waals surface area (Å²) in [4.78, 5) is 0. The number of para-hydroxylation sites is 1. The van der Waals surface area contributed by atoms with Gasteiger partial charge in [-0.1, -0.05) is 78.3 Å². The van der Waals surface area contributed by atoms with Gasteiger partial charge in [-0.2, -0.15) is 0 Å². The van der Waals surface area contributed by atoms with Crippen LogP contribution in [0.4, 0.5) is 5.69 Å². The monoisotopic (exact) mass is 465 g/mol. The van der Waals surface area contributed by atoms with E-state index >= 15 is 0 Å². The van der Waals surface area contributed by atoms with E-state index in [0.717, 1.165) is 28.3 Å². The van der Waals surface area contributed by atoms with E-state index in [9.17, 15) is 0 Å². The molecule has 0 aromatic heterocycles. The predicted octanol–water partition coefficient (Wildman–Crippen LogP) is 8.48. The molecule has 4 heteroatoms. The number of fused-ring (bicyclic) bond motifs is 1. The van der Waals surface area contributed by atoms with Crippen LogP contribution in [-0.4, -0.2) is 0 Å². The molecule has 0 unspecified atom stereocenters. The fourth-order valence-corrected chi connectivity index (χ4v) is 4.07. The molecule has 0 heterocycles. The third-order valence-corrected chi connectivity index (χ3v) is 5.88. The summed E-state index contributed by atoms with van der Waals surface area (Å²) in [5, 5.41) is 6.43. The van der Waals surface area contributed by atoms with Crippen LogP contribution in [0.3, 0.4) is 0 Å². The lowest BCUT2D eigenvalue weighted by Crippen LogP contribution is -2.01. The number of nitrogens with one attached hydrogen (secondary N) is 1. The third kappa shape index (κ3) is 5.33. The summed E-state index contributed by atoms with van der Waals surface area (Å²) in [5.74, 6) is 2.30. The van der Waals surface area contributed by atoms with Crippen molar-refractivity contribution < 1.29 is 9.47 Å². The highest BCUT2D eigenvalue weighted by atomic mass is 35.5. The summed E-state index contributed by atoms with van der Waals surface area (Å²) in [7, 11) is 0. The first-order valence-electron chi connectivity index (χ1n) is 11.2. The normalized spacial score (nSPS) is 10.7. The fraction of sp³-hybridized carbons (Fsp3) is 0.0667. The average molecular weight is 466 g/mol. The molecule has 34 heavy (non-hydrogen) atoms. The summed E-state index contributed by atoms with van der Waals surface area (Å²) in [6, 6.07) is 38.1. The molecular weight excluding hydrogens is 442 g/mol. The summed E-state index contributed by atoms with van der Waals surface area (Å²) >= 11 is 6.52. The molecule has 0 saturated heterocycles. The van der Waals surface area contributed by atoms with E-state index < -0.39 is 0 Å². The predicted molar refractivity (Wildman–Crippen MR) is 140 cm³/mol. The second-order valence-corrected chi connectivity index (χ2v) is 8.39. The quantitative estimate of drug-likeness (QED) is 0.249. The number of hydrogen-bond donors (Lipinski definition) is 1. The van der Waals surface area contributed by atoms with Crippen molar-refractivity contribution in [1.82, 2.24) is 0 Å². The number of anilines is 1. The lowest BCUT2D eigenvalue weighted by molar-refractivity contribution is 0.308. The van der Waals surface area contributed by atoms with E-state index in [1.807, 2.05) is 84.9 Å². The second kappa shape index (κ2) is 10.3. The average Bonchev–Trinajstić information content (AvgIpc) is 2.88. The molecule has 0 radical (unpaired) electrons. The van der Waals surface area contributed by atoms with Gasteiger partial charge < -0.3 is 14.8 Å². The molecule has 0 spiro atoms. The number of rotatable bonds is 8. The number of ether oxygens (including phenoxy) is 2. The lowest BCUT2D eigenvalue weighted by Gasteiger charge is -2.12. The Balaban J connectivity index is 1.18. The first-order chi connectivity index (χ1) is 16.7. The largest absolute Gasteiger partial charge is 0.487 e. The van der Waals surface area contributed by atoms with Crippen molar-refractivity contribution in [3.05, 3.63) is 131 Å². The SMILES string of the molecule is Clc1cc(CNc2ccc(Oc3ccccc3)cc2)ccc1OCc1cccc2ccccc12. The Morgan fingerprint density at radius 2 is 1.41 bits per heavy atom. The van der Waals surface area contributed by atoms with Crippen molar-refractivity contribution in [3.8, 4) is 17.2 Å². The van der Waals surface area contributed by atoms with E-state index in [0.29, 0.717) is 23.9 Å². The van der Waals surface area contributed by atoms with Gasteiger partial charge in [0.25, 0.3) is 0 Å². The highest BCUT2D eigenvalue weighted by Gasteiger charge is 2.06. The Morgan fingerprint density at radius 1 is 0.676 bits per heavy atom. The first kappa shape index (κ1) is 21.9. The summed E-state index contributed by atoms with van der Waals surface area (Å²) in [6.45, 7) is 1.12. The fourth-order valence-electron chi connectivity index (χ4n) is 3.81. The van der Waals surface area contributed by atoms with Crippen LogP contribution in [0.2, 0.25) is 5.02 Å². The van der Waals surface area contributed by atoms with E-state index in [1.54, 1.807) is 0 Å². The van der Waals surface area contributed by atoms with Crippen LogP contribution >= 0.6 is 11.6 Å². The third-order valence-electron chi connectivity index (χ3n) is 5.59. The van der Waals surface area contributed by atoms with E-state index in [4.69, 9.17) is 21.1 Å². The molecule has 0 aliphatic heterocycles. The first-order valence-corrected chi connectivity index (χ1v) is 11.6. The maximum Gasteiger partial charge on any atom is 0.138 e. The number of benzene rings is 5. The van der Waals surface area contributed by atoms with Crippen LogP contribution in [0.25, 0.3) is 10.8 Å². The number of hydrogen-bond acceptors (Lipinski definition) is 3. The standard InChI is InChI=1S/C30H24ClNO2/c31-29-19-22(20-32-25-14-16-27(17-15-25)34-26-10-2-1-3-11-26)13-18-30(29)33-21-24-9-6-8-23-7-4-5-12-28(23)24/h1-19,32H,20-21H2. The van der Waals surface area contributed by atoms with Gasteiger partial charge in [-0.3, -0.25) is 0 Å². The van der Waals surface area contributed by atoms with Crippen molar-refractivity contribution in [3.63, 3.8) is 0 Å². The molecule has 0 aliphatic rings. The minimum atomic E-state index is 0.468. The second-order valence-electron chi connectivity index (χ2n) is 7.98. The minimum absolute atomic E-state index is 0.468. The van der Waals surface area contributed by atoms with Gasteiger partial charge in [-0.05, 0) is 70.4 Å². The van der Waals surface area contributed by atoms with E-state index in [-0.39, 0.29) is 0 Å². The Kier molecular flexibility index (Phi) is 6.64. The zero-order valence-corrected chi connectivity index (χ0v) is 19.3. The van der Waals surface area contributed by atoms with Crippen LogP contribution in [0, 0.1) is 0 Å². The molecule has 0 saturated carbocycles. The maximum absolute atomic E-state index is 6.52. The van der Waals surface area contributed by atoms with Crippen LogP contribution in [-0.2, 0) is 13.2 Å². The minimum Gasteiger partial charge on any atom is -0.487 e. The molecule has 0 atom stereocenters. The zero-order valence-electron chi connectivity index (χ0n) is 18.6. The Bertz CT molecular complexity index is 1380. The van der Waals surface area contributed by atoms with Gasteiger partial charge in [0.2, 0.25) is 0 Å².